The molecule has 0 unspecified atom stereocenters. The van der Waals surface area contributed by atoms with Crippen molar-refractivity contribution in [2.24, 2.45) is 23.2 Å². The minimum atomic E-state index is -1.19. The predicted octanol–water partition coefficient (Wildman–Crippen LogP) is 4.02. The van der Waals surface area contributed by atoms with Gasteiger partial charge in [-0.25, -0.2) is 0 Å². The van der Waals surface area contributed by atoms with Crippen molar-refractivity contribution >= 4 is 5.97 Å². The summed E-state index contributed by atoms with van der Waals surface area (Å²) in [6.45, 7) is 8.47. The van der Waals surface area contributed by atoms with Crippen LogP contribution in [0, 0.1) is 23.2 Å². The summed E-state index contributed by atoms with van der Waals surface area (Å²) in [5.41, 5.74) is 0.635. The number of piperazine rings is 1. The van der Waals surface area contributed by atoms with Crippen molar-refractivity contribution in [2.45, 2.75) is 63.1 Å². The molecule has 0 radical (unpaired) electrons. The highest BCUT2D eigenvalue weighted by molar-refractivity contribution is 5.76. The fourth-order valence-corrected chi connectivity index (χ4v) is 8.85. The molecule has 3 aliphatic heterocycles. The van der Waals surface area contributed by atoms with E-state index >= 15 is 0 Å². The quantitative estimate of drug-likeness (QED) is 0.478. The standard InChI is InChI=1S/C32H40N2O4/c1-22-10-9-15-30(2)20-26-27(28-31(22,30)38-28)25(29(35)37-26)21-33-16-18-34(19-17-33)32(36,23-11-5-3-6-12-23)24-13-7-4-8-14-24/h3-8,11-14,22,25-28,36H,9-10,15-21H2,1-2H3/t22-,25+,26-,27+,28+,30+,31-/m1/s1. The third kappa shape index (κ3) is 3.50. The van der Waals surface area contributed by atoms with Crippen molar-refractivity contribution in [3.05, 3.63) is 71.8 Å². The van der Waals surface area contributed by atoms with Gasteiger partial charge in [0.1, 0.15) is 11.7 Å². The monoisotopic (exact) mass is 516 g/mol. The van der Waals surface area contributed by atoms with Crippen LogP contribution in [0.1, 0.15) is 50.7 Å². The van der Waals surface area contributed by atoms with Crippen LogP contribution in [0.25, 0.3) is 0 Å². The number of hydrogen-bond donors (Lipinski definition) is 1. The number of ether oxygens (including phenoxy) is 2. The molecule has 5 aliphatic rings. The molecule has 5 fully saturated rings. The molecule has 2 saturated carbocycles. The molecule has 1 spiro atoms. The molecule has 3 heterocycles. The van der Waals surface area contributed by atoms with Crippen molar-refractivity contribution in [3.8, 4) is 0 Å². The van der Waals surface area contributed by atoms with E-state index in [1.807, 2.05) is 60.7 Å². The van der Waals surface area contributed by atoms with E-state index in [1.54, 1.807) is 0 Å². The SMILES string of the molecule is C[C@@H]1CCC[C@@]2(C)C[C@H]3OC(=O)[C@@H](CN4CCN(C(O)(c5ccccc5)c5ccccc5)CC4)[C@@H]3[C@@H]3O[C@]132. The number of aliphatic hydroxyl groups is 1. The normalized spacial score (nSPS) is 39.1. The Morgan fingerprint density at radius 3 is 2.26 bits per heavy atom. The second-order valence-corrected chi connectivity index (χ2v) is 12.7. The van der Waals surface area contributed by atoms with Gasteiger partial charge < -0.3 is 14.6 Å². The number of benzene rings is 2. The van der Waals surface area contributed by atoms with Gasteiger partial charge in [0, 0.05) is 55.2 Å². The first-order valence-corrected chi connectivity index (χ1v) is 14.6. The molecule has 6 heteroatoms. The van der Waals surface area contributed by atoms with E-state index in [2.05, 4.69) is 23.6 Å². The first-order valence-electron chi connectivity index (χ1n) is 14.6. The van der Waals surface area contributed by atoms with Crippen molar-refractivity contribution < 1.29 is 19.4 Å². The van der Waals surface area contributed by atoms with Crippen LogP contribution in [-0.2, 0) is 20.0 Å². The van der Waals surface area contributed by atoms with Crippen LogP contribution in [0.3, 0.4) is 0 Å². The molecule has 0 bridgehead atoms. The fourth-order valence-electron chi connectivity index (χ4n) is 8.85. The van der Waals surface area contributed by atoms with E-state index in [0.717, 1.165) is 43.7 Å². The van der Waals surface area contributed by atoms with E-state index in [1.165, 1.54) is 19.3 Å². The zero-order valence-electron chi connectivity index (χ0n) is 22.6. The minimum absolute atomic E-state index is 0.00836. The Morgan fingerprint density at radius 2 is 1.63 bits per heavy atom. The molecule has 6 nitrogen and oxygen atoms in total. The first kappa shape index (κ1) is 24.8. The van der Waals surface area contributed by atoms with Gasteiger partial charge in [0.05, 0.1) is 12.0 Å². The molecule has 3 saturated heterocycles. The molecular weight excluding hydrogens is 476 g/mol. The maximum absolute atomic E-state index is 13.2. The van der Waals surface area contributed by atoms with Gasteiger partial charge in [-0.2, -0.15) is 0 Å². The van der Waals surface area contributed by atoms with Gasteiger partial charge in [0.15, 0.2) is 5.72 Å². The van der Waals surface area contributed by atoms with Crippen LogP contribution in [0.15, 0.2) is 60.7 Å². The van der Waals surface area contributed by atoms with Gasteiger partial charge in [-0.1, -0.05) is 80.9 Å². The second kappa shape index (κ2) is 8.88. The van der Waals surface area contributed by atoms with Gasteiger partial charge in [-0.3, -0.25) is 14.6 Å². The van der Waals surface area contributed by atoms with Crippen LogP contribution in [0.2, 0.25) is 0 Å². The first-order chi connectivity index (χ1) is 18.4. The molecule has 2 aliphatic carbocycles. The Hall–Kier alpha value is -2.25. The van der Waals surface area contributed by atoms with Crippen LogP contribution >= 0.6 is 0 Å². The summed E-state index contributed by atoms with van der Waals surface area (Å²) in [6, 6.07) is 19.9. The van der Waals surface area contributed by atoms with Gasteiger partial charge in [-0.15, -0.1) is 0 Å². The van der Waals surface area contributed by atoms with E-state index in [-0.39, 0.29) is 41.0 Å². The van der Waals surface area contributed by atoms with E-state index in [9.17, 15) is 9.90 Å². The van der Waals surface area contributed by atoms with Gasteiger partial charge in [0.25, 0.3) is 0 Å². The number of fused-ring (bicyclic) bond motifs is 2. The Kier molecular flexibility index (Phi) is 5.79. The Labute approximate surface area is 225 Å². The van der Waals surface area contributed by atoms with E-state index < -0.39 is 5.72 Å². The number of nitrogens with zero attached hydrogens (tertiary/aromatic N) is 2. The molecular formula is C32H40N2O4. The number of rotatable bonds is 5. The van der Waals surface area contributed by atoms with Crippen LogP contribution in [-0.4, -0.2) is 71.4 Å². The van der Waals surface area contributed by atoms with Crippen molar-refractivity contribution in [1.29, 1.82) is 0 Å². The smallest absolute Gasteiger partial charge is 0.311 e. The third-order valence-corrected chi connectivity index (χ3v) is 10.8. The predicted molar refractivity (Wildman–Crippen MR) is 144 cm³/mol. The molecule has 7 rings (SSSR count). The maximum Gasteiger partial charge on any atom is 0.311 e. The summed E-state index contributed by atoms with van der Waals surface area (Å²) in [5.74, 6) is 0.547. The average Bonchev–Trinajstić information content (AvgIpc) is 3.63. The lowest BCUT2D eigenvalue weighted by Crippen LogP contribution is -2.57. The third-order valence-electron chi connectivity index (χ3n) is 10.8. The zero-order chi connectivity index (χ0) is 26.1. The van der Waals surface area contributed by atoms with Crippen molar-refractivity contribution in [2.75, 3.05) is 32.7 Å². The van der Waals surface area contributed by atoms with Crippen molar-refractivity contribution in [3.63, 3.8) is 0 Å². The summed E-state index contributed by atoms with van der Waals surface area (Å²) < 4.78 is 12.7. The molecule has 0 amide bonds. The lowest BCUT2D eigenvalue weighted by Gasteiger charge is -2.49. The highest BCUT2D eigenvalue weighted by Crippen LogP contribution is 2.70. The molecule has 202 valence electrons. The van der Waals surface area contributed by atoms with E-state index in [0.29, 0.717) is 12.5 Å². The van der Waals surface area contributed by atoms with Crippen LogP contribution in [0.4, 0.5) is 0 Å². The molecule has 1 N–H and O–H groups in total. The van der Waals surface area contributed by atoms with Gasteiger partial charge in [0.2, 0.25) is 0 Å². The summed E-state index contributed by atoms with van der Waals surface area (Å²) in [6.07, 6.45) is 4.72. The van der Waals surface area contributed by atoms with Gasteiger partial charge in [-0.05, 0) is 25.2 Å². The zero-order valence-corrected chi connectivity index (χ0v) is 22.6. The minimum Gasteiger partial charge on any atom is -0.462 e. The summed E-state index contributed by atoms with van der Waals surface area (Å²) in [5, 5.41) is 12.2. The highest BCUT2D eigenvalue weighted by atomic mass is 16.6. The largest absolute Gasteiger partial charge is 0.462 e. The summed E-state index contributed by atoms with van der Waals surface area (Å²) in [7, 11) is 0. The van der Waals surface area contributed by atoms with Gasteiger partial charge >= 0.3 is 5.97 Å². The Morgan fingerprint density at radius 1 is 1.00 bits per heavy atom. The number of carbonyl (C=O) groups is 1. The Bertz CT molecular complexity index is 1140. The molecule has 0 aromatic heterocycles. The highest BCUT2D eigenvalue weighted by Gasteiger charge is 2.78. The van der Waals surface area contributed by atoms with E-state index in [4.69, 9.17) is 9.47 Å². The summed E-state index contributed by atoms with van der Waals surface area (Å²) in [4.78, 5) is 17.8. The summed E-state index contributed by atoms with van der Waals surface area (Å²) >= 11 is 0. The lowest BCUT2D eigenvalue weighted by molar-refractivity contribution is -0.147. The molecule has 2 aromatic carbocycles. The molecule has 7 atom stereocenters. The fraction of sp³-hybridized carbons (Fsp3) is 0.594. The molecule has 2 aromatic rings. The Balaban J connectivity index is 1.07. The topological polar surface area (TPSA) is 65.5 Å². The van der Waals surface area contributed by atoms with Crippen molar-refractivity contribution in [1.82, 2.24) is 9.80 Å². The number of carbonyl (C=O) groups excluding carboxylic acids is 1. The second-order valence-electron chi connectivity index (χ2n) is 12.7. The maximum atomic E-state index is 13.2. The number of esters is 1. The molecule has 38 heavy (non-hydrogen) atoms. The lowest BCUT2D eigenvalue weighted by atomic mass is 9.53. The average molecular weight is 517 g/mol. The van der Waals surface area contributed by atoms with Crippen LogP contribution in [0.5, 0.6) is 0 Å². The number of hydrogen-bond acceptors (Lipinski definition) is 6. The van der Waals surface area contributed by atoms with Crippen LogP contribution < -0.4 is 0 Å². The number of epoxide rings is 1.